The van der Waals surface area contributed by atoms with Crippen LogP contribution in [0.4, 0.5) is 0 Å². The molecule has 6 heteroatoms. The summed E-state index contributed by atoms with van der Waals surface area (Å²) in [5.41, 5.74) is 1.57. The molecule has 2 heterocycles. The molecule has 26 heavy (non-hydrogen) atoms. The molecule has 0 unspecified atom stereocenters. The Morgan fingerprint density at radius 1 is 0.962 bits per heavy atom. The van der Waals surface area contributed by atoms with E-state index in [0.29, 0.717) is 36.4 Å². The second-order valence-corrected chi connectivity index (χ2v) is 9.14. The molecular weight excluding hydrogens is 348 g/mol. The van der Waals surface area contributed by atoms with Crippen molar-refractivity contribution in [2.45, 2.75) is 30.2 Å². The number of benzene rings is 2. The minimum atomic E-state index is -3.46. The molecule has 0 radical (unpaired) electrons. The molecule has 2 saturated heterocycles. The second-order valence-electron chi connectivity index (χ2n) is 7.20. The lowest BCUT2D eigenvalue weighted by atomic mass is 9.98. The molecule has 2 aromatic carbocycles. The van der Waals surface area contributed by atoms with Gasteiger partial charge < -0.3 is 4.90 Å². The first-order chi connectivity index (χ1) is 12.4. The molecule has 0 aliphatic carbocycles. The lowest BCUT2D eigenvalue weighted by Gasteiger charge is -2.31. The number of nitrogens with zero attached hydrogens (tertiary/aromatic N) is 2. The molecule has 4 rings (SSSR count). The number of aryl methyl sites for hydroxylation is 1. The highest BCUT2D eigenvalue weighted by Crippen LogP contribution is 2.43. The number of amides is 1. The number of carbonyl (C=O) groups excluding carboxylic acids is 1. The molecule has 0 bridgehead atoms. The lowest BCUT2D eigenvalue weighted by Crippen LogP contribution is -2.43. The zero-order valence-corrected chi connectivity index (χ0v) is 15.6. The van der Waals surface area contributed by atoms with Crippen LogP contribution < -0.4 is 0 Å². The van der Waals surface area contributed by atoms with Gasteiger partial charge >= 0.3 is 0 Å². The van der Waals surface area contributed by atoms with Crippen molar-refractivity contribution in [1.29, 1.82) is 0 Å². The number of sulfonamides is 1. The highest BCUT2D eigenvalue weighted by Gasteiger charge is 2.56. The Morgan fingerprint density at radius 3 is 2.19 bits per heavy atom. The summed E-state index contributed by atoms with van der Waals surface area (Å²) in [5.74, 6) is 0.0421. The lowest BCUT2D eigenvalue weighted by molar-refractivity contribution is 0.0836. The van der Waals surface area contributed by atoms with Crippen LogP contribution in [-0.4, -0.2) is 48.7 Å². The van der Waals surface area contributed by atoms with E-state index >= 15 is 0 Å². The summed E-state index contributed by atoms with van der Waals surface area (Å²) in [4.78, 5) is 14.8. The Morgan fingerprint density at radius 2 is 1.58 bits per heavy atom. The molecule has 1 amide bonds. The molecule has 0 N–H and O–H groups in total. The third-order valence-electron chi connectivity index (χ3n) is 5.50. The van der Waals surface area contributed by atoms with E-state index in [1.54, 1.807) is 16.4 Å². The van der Waals surface area contributed by atoms with E-state index < -0.39 is 10.0 Å². The predicted molar refractivity (Wildman–Crippen MR) is 99.4 cm³/mol. The normalized spacial score (nSPS) is 19.5. The number of piperidine rings is 1. The van der Waals surface area contributed by atoms with E-state index in [-0.39, 0.29) is 11.4 Å². The molecule has 0 saturated carbocycles. The topological polar surface area (TPSA) is 57.5 Å². The Balaban J connectivity index is 1.44. The summed E-state index contributed by atoms with van der Waals surface area (Å²) in [5, 5.41) is 0. The van der Waals surface area contributed by atoms with Crippen LogP contribution in [0.1, 0.15) is 28.8 Å². The summed E-state index contributed by atoms with van der Waals surface area (Å²) in [6.45, 7) is 3.56. The molecule has 136 valence electrons. The van der Waals surface area contributed by atoms with Crippen molar-refractivity contribution in [1.82, 2.24) is 9.21 Å². The maximum Gasteiger partial charge on any atom is 0.254 e. The first-order valence-electron chi connectivity index (χ1n) is 8.86. The maximum absolute atomic E-state index is 12.8. The van der Waals surface area contributed by atoms with E-state index in [1.165, 1.54) is 0 Å². The van der Waals surface area contributed by atoms with Gasteiger partial charge in [-0.1, -0.05) is 35.9 Å². The molecule has 0 aromatic heterocycles. The van der Waals surface area contributed by atoms with E-state index in [2.05, 4.69) is 0 Å². The van der Waals surface area contributed by atoms with Gasteiger partial charge in [0.25, 0.3) is 5.91 Å². The fourth-order valence-electron chi connectivity index (χ4n) is 3.71. The van der Waals surface area contributed by atoms with Gasteiger partial charge in [0, 0.05) is 25.2 Å². The monoisotopic (exact) mass is 370 g/mol. The van der Waals surface area contributed by atoms with E-state index in [4.69, 9.17) is 0 Å². The van der Waals surface area contributed by atoms with Gasteiger partial charge in [-0.05, 0) is 44.0 Å². The van der Waals surface area contributed by atoms with Gasteiger partial charge in [-0.25, -0.2) is 8.42 Å². The molecule has 2 aliphatic rings. The zero-order chi connectivity index (χ0) is 18.4. The van der Waals surface area contributed by atoms with E-state index in [1.807, 2.05) is 54.3 Å². The second kappa shape index (κ2) is 6.21. The minimum absolute atomic E-state index is 0.0421. The van der Waals surface area contributed by atoms with Crippen molar-refractivity contribution in [3.8, 4) is 0 Å². The predicted octanol–water partition coefficient (Wildman–Crippen LogP) is 2.67. The zero-order valence-electron chi connectivity index (χ0n) is 14.8. The number of hydrogen-bond acceptors (Lipinski definition) is 3. The van der Waals surface area contributed by atoms with Gasteiger partial charge in [0.2, 0.25) is 10.0 Å². The summed E-state index contributed by atoms with van der Waals surface area (Å²) in [6, 6.07) is 16.2. The van der Waals surface area contributed by atoms with Crippen molar-refractivity contribution >= 4 is 15.9 Å². The average Bonchev–Trinajstić information content (AvgIpc) is 3.35. The Hall–Kier alpha value is -2.18. The fourth-order valence-corrected chi connectivity index (χ4v) is 5.15. The standard InChI is InChI=1S/C20H22N2O3S/c1-16-7-9-18(10-8-16)26(24,25)21-13-11-20(12-14-21)15-22(20)19(23)17-5-3-2-4-6-17/h2-10H,11-15H2,1H3. The minimum Gasteiger partial charge on any atom is -0.329 e. The van der Waals surface area contributed by atoms with Gasteiger partial charge in [0.05, 0.1) is 10.4 Å². The van der Waals surface area contributed by atoms with Crippen LogP contribution in [-0.2, 0) is 10.0 Å². The molecule has 2 aromatic rings. The Labute approximate surface area is 154 Å². The van der Waals surface area contributed by atoms with Gasteiger partial charge in [-0.15, -0.1) is 0 Å². The smallest absolute Gasteiger partial charge is 0.254 e. The van der Waals surface area contributed by atoms with Crippen LogP contribution in [0.2, 0.25) is 0 Å². The summed E-state index contributed by atoms with van der Waals surface area (Å²) >= 11 is 0. The highest BCUT2D eigenvalue weighted by molar-refractivity contribution is 7.89. The number of hydrogen-bond donors (Lipinski definition) is 0. The van der Waals surface area contributed by atoms with Crippen LogP contribution in [0.5, 0.6) is 0 Å². The van der Waals surface area contributed by atoms with Crippen molar-refractivity contribution in [2.24, 2.45) is 0 Å². The van der Waals surface area contributed by atoms with Crippen molar-refractivity contribution in [3.05, 3.63) is 65.7 Å². The quantitative estimate of drug-likeness (QED) is 0.781. The molecule has 2 fully saturated rings. The summed E-state index contributed by atoms with van der Waals surface area (Å²) in [7, 11) is -3.46. The Kier molecular flexibility index (Phi) is 4.12. The number of rotatable bonds is 3. The summed E-state index contributed by atoms with van der Waals surface area (Å²) < 4.78 is 27.2. The van der Waals surface area contributed by atoms with Gasteiger partial charge in [0.15, 0.2) is 0 Å². The molecular formula is C20H22N2O3S. The molecule has 1 spiro atoms. The summed E-state index contributed by atoms with van der Waals surface area (Å²) in [6.07, 6.45) is 1.38. The van der Waals surface area contributed by atoms with Crippen molar-refractivity contribution in [2.75, 3.05) is 19.6 Å². The van der Waals surface area contributed by atoms with Gasteiger partial charge in [0.1, 0.15) is 0 Å². The maximum atomic E-state index is 12.8. The fraction of sp³-hybridized carbons (Fsp3) is 0.350. The third-order valence-corrected chi connectivity index (χ3v) is 7.41. The van der Waals surface area contributed by atoms with E-state index in [0.717, 1.165) is 12.1 Å². The molecule has 5 nitrogen and oxygen atoms in total. The average molecular weight is 370 g/mol. The SMILES string of the molecule is Cc1ccc(S(=O)(=O)N2CCC3(CC2)CN3C(=O)c2ccccc2)cc1. The Bertz CT molecular complexity index is 915. The van der Waals surface area contributed by atoms with Crippen LogP contribution in [0.15, 0.2) is 59.5 Å². The van der Waals surface area contributed by atoms with Gasteiger partial charge in [-0.2, -0.15) is 4.31 Å². The van der Waals surface area contributed by atoms with Crippen LogP contribution in [0.25, 0.3) is 0 Å². The number of carbonyl (C=O) groups is 1. The first kappa shape index (κ1) is 17.2. The highest BCUT2D eigenvalue weighted by atomic mass is 32.2. The van der Waals surface area contributed by atoms with Crippen LogP contribution >= 0.6 is 0 Å². The molecule has 0 atom stereocenters. The van der Waals surface area contributed by atoms with Crippen LogP contribution in [0.3, 0.4) is 0 Å². The largest absolute Gasteiger partial charge is 0.329 e. The molecule has 2 aliphatic heterocycles. The van der Waals surface area contributed by atoms with Gasteiger partial charge in [-0.3, -0.25) is 4.79 Å². The first-order valence-corrected chi connectivity index (χ1v) is 10.3. The van der Waals surface area contributed by atoms with E-state index in [9.17, 15) is 13.2 Å². The third kappa shape index (κ3) is 2.93. The van der Waals surface area contributed by atoms with Crippen molar-refractivity contribution in [3.63, 3.8) is 0 Å². The van der Waals surface area contributed by atoms with Crippen molar-refractivity contribution < 1.29 is 13.2 Å². The van der Waals surface area contributed by atoms with Crippen LogP contribution in [0, 0.1) is 6.92 Å².